The highest BCUT2D eigenvalue weighted by atomic mass is 19.3. The molecule has 2 N–H and O–H groups in total. The van der Waals surface area contributed by atoms with Gasteiger partial charge in [-0.15, -0.1) is 0 Å². The van der Waals surface area contributed by atoms with Gasteiger partial charge in [-0.05, 0) is 61.2 Å². The van der Waals surface area contributed by atoms with E-state index in [-0.39, 0.29) is 48.9 Å². The predicted octanol–water partition coefficient (Wildman–Crippen LogP) is 3.83. The van der Waals surface area contributed by atoms with Crippen molar-refractivity contribution in [3.63, 3.8) is 0 Å². The summed E-state index contributed by atoms with van der Waals surface area (Å²) in [6.45, 7) is 0.166. The number of alkyl halides is 4. The van der Waals surface area contributed by atoms with E-state index in [0.29, 0.717) is 16.9 Å². The van der Waals surface area contributed by atoms with E-state index in [1.54, 1.807) is 19.2 Å². The van der Waals surface area contributed by atoms with Crippen LogP contribution in [0.25, 0.3) is 5.65 Å². The highest BCUT2D eigenvalue weighted by molar-refractivity contribution is 5.93. The molecular weight excluding hydrogens is 536 g/mol. The van der Waals surface area contributed by atoms with Gasteiger partial charge in [0, 0.05) is 12.8 Å². The first-order chi connectivity index (χ1) is 19.0. The van der Waals surface area contributed by atoms with Gasteiger partial charge in [0.2, 0.25) is 5.92 Å². The van der Waals surface area contributed by atoms with Crippen LogP contribution in [0.5, 0.6) is 0 Å². The summed E-state index contributed by atoms with van der Waals surface area (Å²) < 4.78 is 62.4. The molecule has 214 valence electrons. The number of aryl methyl sites for hydroxylation is 1. The molecule has 2 saturated carbocycles. The largest absolute Gasteiger partial charge is 0.342 e. The number of hydrogen-bond donors (Lipinski definition) is 2. The number of halogens is 4. The van der Waals surface area contributed by atoms with Gasteiger partial charge in [0.25, 0.3) is 11.8 Å². The Morgan fingerprint density at radius 2 is 1.88 bits per heavy atom. The molecule has 11 nitrogen and oxygen atoms in total. The number of nitrogens with one attached hydrogen (secondary N) is 2. The number of hydrogen-bond acceptors (Lipinski definition) is 7. The van der Waals surface area contributed by atoms with Gasteiger partial charge in [0.15, 0.2) is 11.3 Å². The quantitative estimate of drug-likeness (QED) is 0.417. The fourth-order valence-corrected chi connectivity index (χ4v) is 5.72. The molecule has 3 fully saturated rings. The number of aromatic nitrogens is 5. The normalized spacial score (nSPS) is 22.6. The van der Waals surface area contributed by atoms with Gasteiger partial charge in [-0.25, -0.2) is 36.5 Å². The van der Waals surface area contributed by atoms with Crippen molar-refractivity contribution in [3.05, 3.63) is 41.1 Å². The van der Waals surface area contributed by atoms with Crippen LogP contribution in [0.1, 0.15) is 78.0 Å². The molecule has 0 radical (unpaired) electrons. The van der Waals surface area contributed by atoms with Crippen LogP contribution in [-0.2, 0) is 0 Å². The third-order valence-corrected chi connectivity index (χ3v) is 7.97. The first-order valence-corrected chi connectivity index (χ1v) is 13.2. The lowest BCUT2D eigenvalue weighted by atomic mass is 9.81. The first kappa shape index (κ1) is 26.4. The third kappa shape index (κ3) is 5.20. The van der Waals surface area contributed by atoms with E-state index in [9.17, 15) is 27.2 Å². The van der Waals surface area contributed by atoms with Crippen LogP contribution < -0.4 is 10.6 Å². The maximum Gasteiger partial charge on any atom is 0.318 e. The van der Waals surface area contributed by atoms with Crippen LogP contribution in [0, 0.1) is 18.8 Å². The number of nitrogens with zero attached hydrogens (tertiary/aromatic N) is 6. The maximum absolute atomic E-state index is 14.2. The standard InChI is InChI=1S/C25H28F4N8O3/c1-13-19(35-40-34-13)22(38)33-20(14-4-6-24(26,27)7-5-14)17-10-37-18(32-17)8-16(9-31-37)21(15-2-3-15)36-12-25(28,29)11-30-23(36)39/h8-10,14-15,20-21H,2-7,11-12H2,1H3,(H,30,39)(H,33,38)/t20-,21+/m0/s1. The Kier molecular flexibility index (Phi) is 6.41. The van der Waals surface area contributed by atoms with Crippen molar-refractivity contribution in [3.8, 4) is 0 Å². The van der Waals surface area contributed by atoms with Crippen molar-refractivity contribution in [2.24, 2.45) is 11.8 Å². The number of carbonyl (C=O) groups excluding carboxylic acids is 2. The van der Waals surface area contributed by atoms with Crippen LogP contribution in [0.3, 0.4) is 0 Å². The molecule has 0 bridgehead atoms. The monoisotopic (exact) mass is 564 g/mol. The molecule has 3 aromatic heterocycles. The Morgan fingerprint density at radius 3 is 2.55 bits per heavy atom. The molecule has 3 amide bonds. The molecule has 3 aromatic rings. The molecule has 0 unspecified atom stereocenters. The van der Waals surface area contributed by atoms with Crippen LogP contribution >= 0.6 is 0 Å². The number of amides is 3. The summed E-state index contributed by atoms with van der Waals surface area (Å²) in [6, 6.07) is -0.182. The van der Waals surface area contributed by atoms with Gasteiger partial charge >= 0.3 is 6.03 Å². The van der Waals surface area contributed by atoms with E-state index in [1.165, 1.54) is 10.7 Å². The summed E-state index contributed by atoms with van der Waals surface area (Å²) in [6.07, 6.45) is 4.44. The molecule has 40 heavy (non-hydrogen) atoms. The summed E-state index contributed by atoms with van der Waals surface area (Å²) in [4.78, 5) is 31.4. The van der Waals surface area contributed by atoms with Gasteiger partial charge in [-0.2, -0.15) is 5.10 Å². The molecule has 1 saturated heterocycles. The van der Waals surface area contributed by atoms with Crippen molar-refractivity contribution in [1.82, 2.24) is 40.4 Å². The number of fused-ring (bicyclic) bond motifs is 1. The lowest BCUT2D eigenvalue weighted by Crippen LogP contribution is -2.58. The summed E-state index contributed by atoms with van der Waals surface area (Å²) in [5, 5.41) is 16.8. The Bertz CT molecular complexity index is 1430. The molecule has 0 spiro atoms. The van der Waals surface area contributed by atoms with Crippen molar-refractivity contribution >= 4 is 17.6 Å². The van der Waals surface area contributed by atoms with E-state index < -0.39 is 49.0 Å². The molecule has 1 aliphatic heterocycles. The van der Waals surface area contributed by atoms with E-state index in [0.717, 1.165) is 17.7 Å². The molecular formula is C25H28F4N8O3. The summed E-state index contributed by atoms with van der Waals surface area (Å²) >= 11 is 0. The highest BCUT2D eigenvalue weighted by Crippen LogP contribution is 2.46. The molecule has 6 rings (SSSR count). The average Bonchev–Trinajstić information content (AvgIpc) is 3.48. The number of urea groups is 1. The van der Waals surface area contributed by atoms with Crippen LogP contribution in [0.2, 0.25) is 0 Å². The number of imidazole rings is 1. The molecule has 4 heterocycles. The van der Waals surface area contributed by atoms with Crippen molar-refractivity contribution in [2.45, 2.75) is 69.4 Å². The molecule has 2 atom stereocenters. The van der Waals surface area contributed by atoms with Gasteiger partial charge < -0.3 is 15.5 Å². The third-order valence-electron chi connectivity index (χ3n) is 7.97. The fourth-order valence-electron chi connectivity index (χ4n) is 5.72. The Morgan fingerprint density at radius 1 is 1.12 bits per heavy atom. The van der Waals surface area contributed by atoms with Crippen LogP contribution in [0.4, 0.5) is 22.4 Å². The topological polar surface area (TPSA) is 131 Å². The van der Waals surface area contributed by atoms with E-state index >= 15 is 0 Å². The predicted molar refractivity (Wildman–Crippen MR) is 130 cm³/mol. The lowest BCUT2D eigenvalue weighted by Gasteiger charge is -2.38. The lowest BCUT2D eigenvalue weighted by molar-refractivity contribution is -0.0495. The van der Waals surface area contributed by atoms with Crippen molar-refractivity contribution in [2.75, 3.05) is 13.1 Å². The Balaban J connectivity index is 1.32. The van der Waals surface area contributed by atoms with Gasteiger partial charge in [0.1, 0.15) is 5.69 Å². The zero-order valence-electron chi connectivity index (χ0n) is 21.6. The molecule has 3 aliphatic rings. The smallest absolute Gasteiger partial charge is 0.318 e. The molecule has 15 heteroatoms. The molecule has 2 aliphatic carbocycles. The Hall–Kier alpha value is -3.78. The van der Waals surface area contributed by atoms with Gasteiger partial charge in [0.05, 0.1) is 43.3 Å². The van der Waals surface area contributed by atoms with Gasteiger partial charge in [-0.3, -0.25) is 4.79 Å². The minimum absolute atomic E-state index is 0.0146. The molecule has 0 aromatic carbocycles. The zero-order chi connectivity index (χ0) is 28.2. The summed E-state index contributed by atoms with van der Waals surface area (Å²) in [7, 11) is 0. The van der Waals surface area contributed by atoms with Crippen LogP contribution in [-0.4, -0.2) is 66.7 Å². The maximum atomic E-state index is 14.2. The zero-order valence-corrected chi connectivity index (χ0v) is 21.6. The van der Waals surface area contributed by atoms with E-state index in [4.69, 9.17) is 0 Å². The first-order valence-electron chi connectivity index (χ1n) is 13.2. The second-order valence-electron chi connectivity index (χ2n) is 11.0. The van der Waals surface area contributed by atoms with E-state index in [2.05, 4.69) is 35.7 Å². The van der Waals surface area contributed by atoms with Crippen molar-refractivity contribution in [1.29, 1.82) is 0 Å². The van der Waals surface area contributed by atoms with E-state index in [1.807, 2.05) is 0 Å². The Labute approximate surface area is 225 Å². The minimum Gasteiger partial charge on any atom is -0.342 e. The SMILES string of the molecule is Cc1nonc1C(=O)N[C@H](c1cn2ncc([C@@H](C3CC3)N3CC(F)(F)CNC3=O)cc2n1)C1CCC(F)(F)CC1. The summed E-state index contributed by atoms with van der Waals surface area (Å²) in [5.74, 6) is -6.70. The second kappa shape index (κ2) is 9.70. The minimum atomic E-state index is -3.06. The second-order valence-corrected chi connectivity index (χ2v) is 11.0. The average molecular weight is 565 g/mol. The summed E-state index contributed by atoms with van der Waals surface area (Å²) in [5.41, 5.74) is 1.63. The number of carbonyl (C=O) groups is 2. The highest BCUT2D eigenvalue weighted by Gasteiger charge is 2.47. The number of rotatable bonds is 7. The fraction of sp³-hybridized carbons (Fsp3) is 0.600. The van der Waals surface area contributed by atoms with Crippen LogP contribution in [0.15, 0.2) is 23.1 Å². The van der Waals surface area contributed by atoms with Gasteiger partial charge in [-0.1, -0.05) is 5.16 Å². The van der Waals surface area contributed by atoms with Crippen molar-refractivity contribution < 1.29 is 31.8 Å².